The number of fused-ring (bicyclic) bond motifs is 1. The Morgan fingerprint density at radius 1 is 1.44 bits per heavy atom. The lowest BCUT2D eigenvalue weighted by Gasteiger charge is -2.15. The van der Waals surface area contributed by atoms with Gasteiger partial charge in [0.2, 0.25) is 0 Å². The van der Waals surface area contributed by atoms with E-state index in [0.717, 1.165) is 23.4 Å². The molecule has 2 heterocycles. The number of nitrogens with zero attached hydrogens (tertiary/aromatic N) is 3. The number of imidazole rings is 1. The summed E-state index contributed by atoms with van der Waals surface area (Å²) in [5, 5.41) is -0.0943. The predicted molar refractivity (Wildman–Crippen MR) is 66.8 cm³/mol. The first-order chi connectivity index (χ1) is 7.65. The zero-order valence-corrected chi connectivity index (χ0v) is 10.6. The summed E-state index contributed by atoms with van der Waals surface area (Å²) in [7, 11) is 0. The van der Waals surface area contributed by atoms with Gasteiger partial charge < -0.3 is 4.57 Å². The van der Waals surface area contributed by atoms with Gasteiger partial charge in [-0.2, -0.15) is 0 Å². The highest BCUT2D eigenvalue weighted by Gasteiger charge is 2.18. The van der Waals surface area contributed by atoms with E-state index in [4.69, 9.17) is 11.6 Å². The van der Waals surface area contributed by atoms with Gasteiger partial charge in [-0.1, -0.05) is 6.92 Å². The van der Waals surface area contributed by atoms with Gasteiger partial charge in [0.15, 0.2) is 5.65 Å². The van der Waals surface area contributed by atoms with E-state index in [9.17, 15) is 0 Å². The van der Waals surface area contributed by atoms with Crippen molar-refractivity contribution in [2.45, 2.75) is 38.6 Å². The minimum absolute atomic E-state index is 0.0943. The molecule has 0 spiro atoms. The molecule has 0 amide bonds. The third-order valence-electron chi connectivity index (χ3n) is 2.86. The van der Waals surface area contributed by atoms with Crippen LogP contribution in [0.4, 0.5) is 0 Å². The van der Waals surface area contributed by atoms with Gasteiger partial charge in [0.1, 0.15) is 11.3 Å². The van der Waals surface area contributed by atoms with E-state index in [0.29, 0.717) is 6.04 Å². The van der Waals surface area contributed by atoms with Crippen LogP contribution in [0.3, 0.4) is 0 Å². The normalized spacial score (nSPS) is 15.2. The lowest BCUT2D eigenvalue weighted by atomic mass is 10.2. The molecule has 0 bridgehead atoms. The van der Waals surface area contributed by atoms with Crippen LogP contribution in [0.15, 0.2) is 18.3 Å². The SMILES string of the molecule is CCC(C)n1c(C(C)Cl)nc2cccnc21. The molecule has 0 aliphatic carbocycles. The number of rotatable bonds is 3. The summed E-state index contributed by atoms with van der Waals surface area (Å²) in [6.07, 6.45) is 2.84. The van der Waals surface area contributed by atoms with Gasteiger partial charge in [0, 0.05) is 12.2 Å². The average molecular weight is 238 g/mol. The molecule has 2 rings (SSSR count). The largest absolute Gasteiger partial charge is 0.309 e. The van der Waals surface area contributed by atoms with Gasteiger partial charge in [0.25, 0.3) is 0 Å². The van der Waals surface area contributed by atoms with E-state index in [1.807, 2.05) is 19.1 Å². The Hall–Kier alpha value is -1.09. The first-order valence-electron chi connectivity index (χ1n) is 5.62. The van der Waals surface area contributed by atoms with E-state index < -0.39 is 0 Å². The summed E-state index contributed by atoms with van der Waals surface area (Å²) in [6.45, 7) is 6.27. The molecule has 2 unspecified atom stereocenters. The Balaban J connectivity index is 2.69. The minimum Gasteiger partial charge on any atom is -0.309 e. The van der Waals surface area contributed by atoms with Gasteiger partial charge in [-0.25, -0.2) is 9.97 Å². The molecule has 86 valence electrons. The lowest BCUT2D eigenvalue weighted by Crippen LogP contribution is -2.09. The van der Waals surface area contributed by atoms with Crippen LogP contribution in [0.1, 0.15) is 44.4 Å². The zero-order chi connectivity index (χ0) is 11.7. The highest BCUT2D eigenvalue weighted by Crippen LogP contribution is 2.27. The van der Waals surface area contributed by atoms with E-state index in [1.54, 1.807) is 6.20 Å². The van der Waals surface area contributed by atoms with Crippen LogP contribution in [0.25, 0.3) is 11.2 Å². The van der Waals surface area contributed by atoms with Crippen molar-refractivity contribution in [3.8, 4) is 0 Å². The Labute approximate surface area is 100 Å². The molecule has 0 N–H and O–H groups in total. The molecule has 2 aromatic rings. The Morgan fingerprint density at radius 3 is 2.81 bits per heavy atom. The molecule has 2 atom stereocenters. The van der Waals surface area contributed by atoms with E-state index in [-0.39, 0.29) is 5.38 Å². The molecule has 0 aliphatic rings. The standard InChI is InChI=1S/C12H16ClN3/c1-4-8(2)16-11(9(3)13)15-10-6-5-7-14-12(10)16/h5-9H,4H2,1-3H3. The number of hydrogen-bond donors (Lipinski definition) is 0. The molecule has 4 heteroatoms. The zero-order valence-electron chi connectivity index (χ0n) is 9.81. The van der Waals surface area contributed by atoms with E-state index >= 15 is 0 Å². The fourth-order valence-electron chi connectivity index (χ4n) is 1.84. The monoisotopic (exact) mass is 237 g/mol. The minimum atomic E-state index is -0.0943. The summed E-state index contributed by atoms with van der Waals surface area (Å²) >= 11 is 6.17. The van der Waals surface area contributed by atoms with Crippen LogP contribution >= 0.6 is 11.6 Å². The summed E-state index contributed by atoms with van der Waals surface area (Å²) < 4.78 is 2.15. The number of pyridine rings is 1. The smallest absolute Gasteiger partial charge is 0.160 e. The summed E-state index contributed by atoms with van der Waals surface area (Å²) in [5.74, 6) is 0.907. The van der Waals surface area contributed by atoms with Crippen LogP contribution < -0.4 is 0 Å². The highest BCUT2D eigenvalue weighted by atomic mass is 35.5. The van der Waals surface area contributed by atoms with E-state index in [1.165, 1.54) is 0 Å². The Bertz CT molecular complexity index is 490. The van der Waals surface area contributed by atoms with Crippen LogP contribution in [0.5, 0.6) is 0 Å². The second-order valence-electron chi connectivity index (χ2n) is 4.06. The van der Waals surface area contributed by atoms with Gasteiger partial charge in [-0.15, -0.1) is 11.6 Å². The van der Waals surface area contributed by atoms with Crippen molar-refractivity contribution < 1.29 is 0 Å². The molecular weight excluding hydrogens is 222 g/mol. The summed E-state index contributed by atoms with van der Waals surface area (Å²) in [5.41, 5.74) is 1.85. The van der Waals surface area contributed by atoms with Crippen molar-refractivity contribution in [2.24, 2.45) is 0 Å². The fraction of sp³-hybridized carbons (Fsp3) is 0.500. The van der Waals surface area contributed by atoms with Gasteiger partial charge in [-0.3, -0.25) is 0 Å². The maximum absolute atomic E-state index is 6.17. The van der Waals surface area contributed by atoms with Crippen molar-refractivity contribution in [2.75, 3.05) is 0 Å². The van der Waals surface area contributed by atoms with Gasteiger partial charge in [0.05, 0.1) is 5.38 Å². The maximum Gasteiger partial charge on any atom is 0.160 e. The molecular formula is C12H16ClN3. The van der Waals surface area contributed by atoms with Crippen LogP contribution in [0.2, 0.25) is 0 Å². The molecule has 0 fully saturated rings. The van der Waals surface area contributed by atoms with Crippen LogP contribution in [0, 0.1) is 0 Å². The first kappa shape index (κ1) is 11.4. The molecule has 3 nitrogen and oxygen atoms in total. The number of hydrogen-bond acceptors (Lipinski definition) is 2. The first-order valence-corrected chi connectivity index (χ1v) is 6.05. The maximum atomic E-state index is 6.17. The van der Waals surface area contributed by atoms with E-state index in [2.05, 4.69) is 28.4 Å². The quantitative estimate of drug-likeness (QED) is 0.762. The number of aromatic nitrogens is 3. The van der Waals surface area contributed by atoms with Crippen molar-refractivity contribution in [1.29, 1.82) is 0 Å². The third-order valence-corrected chi connectivity index (χ3v) is 3.06. The second-order valence-corrected chi connectivity index (χ2v) is 4.71. The predicted octanol–water partition coefficient (Wildman–Crippen LogP) is 3.70. The molecule has 0 radical (unpaired) electrons. The molecule has 0 aliphatic heterocycles. The number of halogens is 1. The van der Waals surface area contributed by atoms with Crippen LogP contribution in [-0.2, 0) is 0 Å². The molecule has 2 aromatic heterocycles. The molecule has 0 aromatic carbocycles. The average Bonchev–Trinajstić information content (AvgIpc) is 2.67. The second kappa shape index (κ2) is 4.42. The molecule has 16 heavy (non-hydrogen) atoms. The topological polar surface area (TPSA) is 30.7 Å². The van der Waals surface area contributed by atoms with Crippen LogP contribution in [-0.4, -0.2) is 14.5 Å². The number of alkyl halides is 1. The van der Waals surface area contributed by atoms with Crippen molar-refractivity contribution >= 4 is 22.8 Å². The Morgan fingerprint density at radius 2 is 2.19 bits per heavy atom. The molecule has 0 saturated heterocycles. The third kappa shape index (κ3) is 1.80. The van der Waals surface area contributed by atoms with Crippen molar-refractivity contribution in [3.63, 3.8) is 0 Å². The lowest BCUT2D eigenvalue weighted by molar-refractivity contribution is 0.519. The molecule has 0 saturated carbocycles. The van der Waals surface area contributed by atoms with Crippen molar-refractivity contribution in [3.05, 3.63) is 24.2 Å². The van der Waals surface area contributed by atoms with Gasteiger partial charge >= 0.3 is 0 Å². The van der Waals surface area contributed by atoms with Gasteiger partial charge in [-0.05, 0) is 32.4 Å². The van der Waals surface area contributed by atoms with Crippen molar-refractivity contribution in [1.82, 2.24) is 14.5 Å². The summed E-state index contributed by atoms with van der Waals surface area (Å²) in [6, 6.07) is 4.25. The summed E-state index contributed by atoms with van der Waals surface area (Å²) in [4.78, 5) is 8.94. The fourth-order valence-corrected chi connectivity index (χ4v) is 2.00. The highest BCUT2D eigenvalue weighted by molar-refractivity contribution is 6.20. The Kier molecular flexibility index (Phi) is 3.15.